The van der Waals surface area contributed by atoms with Gasteiger partial charge in [0, 0.05) is 19.6 Å². The molecule has 9 heteroatoms. The maximum Gasteiger partial charge on any atom is 0.323 e. The van der Waals surface area contributed by atoms with Crippen LogP contribution in [0.1, 0.15) is 19.8 Å². The lowest BCUT2D eigenvalue weighted by atomic mass is 10.2. The van der Waals surface area contributed by atoms with E-state index in [9.17, 15) is 23.1 Å². The van der Waals surface area contributed by atoms with Crippen molar-refractivity contribution < 1.29 is 28.2 Å². The molecule has 8 nitrogen and oxygen atoms in total. The molecule has 0 spiro atoms. The van der Waals surface area contributed by atoms with Gasteiger partial charge in [0.2, 0.25) is 0 Å². The summed E-state index contributed by atoms with van der Waals surface area (Å²) < 4.78 is 23.0. The van der Waals surface area contributed by atoms with E-state index in [1.165, 1.54) is 11.9 Å². The highest BCUT2D eigenvalue weighted by atomic mass is 32.2. The zero-order valence-corrected chi connectivity index (χ0v) is 13.0. The first kappa shape index (κ1) is 17.7. The summed E-state index contributed by atoms with van der Waals surface area (Å²) in [5.41, 5.74) is 0. The molecule has 0 aliphatic carbocycles. The predicted molar refractivity (Wildman–Crippen MR) is 75.7 cm³/mol. The number of rotatable bonds is 6. The molecular weight excluding hydrogens is 300 g/mol. The molecule has 1 saturated heterocycles. The molecule has 0 aromatic carbocycles. The van der Waals surface area contributed by atoms with E-state index in [2.05, 4.69) is 0 Å². The Kier molecular flexibility index (Phi) is 5.97. The van der Waals surface area contributed by atoms with Gasteiger partial charge in [0.1, 0.15) is 6.54 Å². The second-order valence-electron chi connectivity index (χ2n) is 5.42. The van der Waals surface area contributed by atoms with Crippen molar-refractivity contribution >= 4 is 21.8 Å². The number of carboxylic acids is 1. The Morgan fingerprint density at radius 2 is 2.00 bits per heavy atom. The molecule has 2 amide bonds. The number of aliphatic hydroxyl groups excluding tert-OH is 1. The molecule has 0 aromatic heterocycles. The summed E-state index contributed by atoms with van der Waals surface area (Å²) in [5.74, 6) is -1.41. The Labute approximate surface area is 124 Å². The Morgan fingerprint density at radius 3 is 2.43 bits per heavy atom. The zero-order valence-electron chi connectivity index (χ0n) is 12.2. The number of hydrogen-bond donors (Lipinski definition) is 2. The minimum Gasteiger partial charge on any atom is -0.480 e. The highest BCUT2D eigenvalue weighted by molar-refractivity contribution is 7.91. The van der Waals surface area contributed by atoms with Gasteiger partial charge in [-0.25, -0.2) is 13.2 Å². The standard InChI is InChI=1S/C12H22N2O6S/c1-9(15)3-5-13(2)12(18)14(7-11(16)17)10-4-6-21(19,20)8-10/h9-10,15H,3-8H2,1-2H3,(H,16,17). The predicted octanol–water partition coefficient (Wildman–Crippen LogP) is -0.617. The number of aliphatic carboxylic acids is 1. The van der Waals surface area contributed by atoms with Crippen molar-refractivity contribution in [1.29, 1.82) is 0 Å². The minimum absolute atomic E-state index is 0.0293. The van der Waals surface area contributed by atoms with Crippen LogP contribution in [-0.2, 0) is 14.6 Å². The molecule has 0 bridgehead atoms. The average molecular weight is 322 g/mol. The molecule has 1 heterocycles. The lowest BCUT2D eigenvalue weighted by molar-refractivity contribution is -0.138. The Morgan fingerprint density at radius 1 is 1.38 bits per heavy atom. The first-order valence-electron chi connectivity index (χ1n) is 6.74. The van der Waals surface area contributed by atoms with Gasteiger partial charge in [-0.1, -0.05) is 0 Å². The third-order valence-electron chi connectivity index (χ3n) is 3.41. The van der Waals surface area contributed by atoms with E-state index in [4.69, 9.17) is 5.11 Å². The Hall–Kier alpha value is -1.35. The van der Waals surface area contributed by atoms with Gasteiger partial charge < -0.3 is 20.0 Å². The lowest BCUT2D eigenvalue weighted by Crippen LogP contribution is -2.50. The molecule has 2 atom stereocenters. The molecule has 1 fully saturated rings. The van der Waals surface area contributed by atoms with Gasteiger partial charge in [-0.2, -0.15) is 0 Å². The number of nitrogens with zero attached hydrogens (tertiary/aromatic N) is 2. The van der Waals surface area contributed by atoms with Crippen LogP contribution in [0.15, 0.2) is 0 Å². The second kappa shape index (κ2) is 7.08. The van der Waals surface area contributed by atoms with Crippen LogP contribution in [0.3, 0.4) is 0 Å². The van der Waals surface area contributed by atoms with Crippen LogP contribution in [0, 0.1) is 0 Å². The van der Waals surface area contributed by atoms with Gasteiger partial charge in [0.15, 0.2) is 9.84 Å². The van der Waals surface area contributed by atoms with Gasteiger partial charge in [0.25, 0.3) is 0 Å². The van der Waals surface area contributed by atoms with Crippen LogP contribution >= 0.6 is 0 Å². The van der Waals surface area contributed by atoms with E-state index in [-0.39, 0.29) is 24.5 Å². The summed E-state index contributed by atoms with van der Waals surface area (Å²) in [4.78, 5) is 25.6. The monoisotopic (exact) mass is 322 g/mol. The van der Waals surface area contributed by atoms with Crippen molar-refractivity contribution in [3.63, 3.8) is 0 Å². The van der Waals surface area contributed by atoms with Crippen LogP contribution in [0.4, 0.5) is 4.79 Å². The van der Waals surface area contributed by atoms with Crippen molar-refractivity contribution in [2.75, 3.05) is 31.6 Å². The molecule has 21 heavy (non-hydrogen) atoms. The van der Waals surface area contributed by atoms with Gasteiger partial charge in [-0.3, -0.25) is 4.79 Å². The van der Waals surface area contributed by atoms with E-state index in [0.717, 1.165) is 4.90 Å². The molecule has 1 rings (SSSR count). The average Bonchev–Trinajstić information content (AvgIpc) is 2.72. The number of aliphatic hydroxyl groups is 1. The third kappa shape index (κ3) is 5.50. The molecule has 122 valence electrons. The molecule has 2 unspecified atom stereocenters. The molecular formula is C12H22N2O6S. The zero-order chi connectivity index (χ0) is 16.2. The molecule has 1 aliphatic rings. The van der Waals surface area contributed by atoms with Gasteiger partial charge in [-0.15, -0.1) is 0 Å². The summed E-state index contributed by atoms with van der Waals surface area (Å²) >= 11 is 0. The van der Waals surface area contributed by atoms with Crippen LogP contribution in [0.25, 0.3) is 0 Å². The lowest BCUT2D eigenvalue weighted by Gasteiger charge is -2.31. The van der Waals surface area contributed by atoms with E-state index in [1.54, 1.807) is 6.92 Å². The molecule has 0 saturated carbocycles. The van der Waals surface area contributed by atoms with Gasteiger partial charge >= 0.3 is 12.0 Å². The van der Waals surface area contributed by atoms with Crippen LogP contribution in [0.5, 0.6) is 0 Å². The largest absolute Gasteiger partial charge is 0.480 e. The van der Waals surface area contributed by atoms with Crippen LogP contribution < -0.4 is 0 Å². The summed E-state index contributed by atoms with van der Waals surface area (Å²) in [5, 5.41) is 18.1. The fourth-order valence-electron chi connectivity index (χ4n) is 2.22. The van der Waals surface area contributed by atoms with E-state index in [0.29, 0.717) is 6.42 Å². The van der Waals surface area contributed by atoms with Gasteiger partial charge in [0.05, 0.1) is 17.6 Å². The third-order valence-corrected chi connectivity index (χ3v) is 5.16. The fraction of sp³-hybridized carbons (Fsp3) is 0.833. The summed E-state index contributed by atoms with van der Waals surface area (Å²) in [7, 11) is -1.70. The smallest absolute Gasteiger partial charge is 0.323 e. The molecule has 0 radical (unpaired) electrons. The van der Waals surface area contributed by atoms with E-state index in [1.807, 2.05) is 0 Å². The van der Waals surface area contributed by atoms with Crippen LogP contribution in [-0.4, -0.2) is 84.2 Å². The van der Waals surface area contributed by atoms with Crippen molar-refractivity contribution in [2.45, 2.75) is 31.9 Å². The summed E-state index contributed by atoms with van der Waals surface area (Å²) in [6.07, 6.45) is 0.0533. The normalized spacial score (nSPS) is 21.8. The van der Waals surface area contributed by atoms with Crippen LogP contribution in [0.2, 0.25) is 0 Å². The minimum atomic E-state index is -3.21. The molecule has 0 aromatic rings. The van der Waals surface area contributed by atoms with Crippen molar-refractivity contribution in [3.05, 3.63) is 0 Å². The van der Waals surface area contributed by atoms with Crippen molar-refractivity contribution in [1.82, 2.24) is 9.80 Å². The summed E-state index contributed by atoms with van der Waals surface area (Å²) in [6, 6.07) is -1.13. The quantitative estimate of drug-likeness (QED) is 0.673. The van der Waals surface area contributed by atoms with Crippen molar-refractivity contribution in [2.24, 2.45) is 0 Å². The maximum atomic E-state index is 12.3. The Bertz CT molecular complexity index is 490. The van der Waals surface area contributed by atoms with Crippen molar-refractivity contribution in [3.8, 4) is 0 Å². The van der Waals surface area contributed by atoms with E-state index < -0.39 is 40.5 Å². The first-order chi connectivity index (χ1) is 9.62. The topological polar surface area (TPSA) is 115 Å². The van der Waals surface area contributed by atoms with E-state index >= 15 is 0 Å². The first-order valence-corrected chi connectivity index (χ1v) is 8.56. The van der Waals surface area contributed by atoms with Gasteiger partial charge in [-0.05, 0) is 19.8 Å². The fourth-order valence-corrected chi connectivity index (χ4v) is 3.95. The number of sulfone groups is 1. The number of carbonyl (C=O) groups excluding carboxylic acids is 1. The molecule has 1 aliphatic heterocycles. The number of carboxylic acid groups (broad SMARTS) is 1. The molecule has 2 N–H and O–H groups in total. The number of amides is 2. The number of hydrogen-bond acceptors (Lipinski definition) is 5. The highest BCUT2D eigenvalue weighted by Gasteiger charge is 2.36. The number of urea groups is 1. The number of carbonyl (C=O) groups is 2. The Balaban J connectivity index is 2.77. The SMILES string of the molecule is CC(O)CCN(C)C(=O)N(CC(=O)O)C1CCS(=O)(=O)C1. The maximum absolute atomic E-state index is 12.3. The highest BCUT2D eigenvalue weighted by Crippen LogP contribution is 2.19. The summed E-state index contributed by atoms with van der Waals surface area (Å²) in [6.45, 7) is 1.33. The second-order valence-corrected chi connectivity index (χ2v) is 7.65.